The standard InChI is InChI=1S/C15H33N3/c1-14(2)16-8-6-5-7-9-17-10-12-18(13-11-17)15(3)4/h14-16H,5-13H2,1-4H3. The Morgan fingerprint density at radius 3 is 2.11 bits per heavy atom. The summed E-state index contributed by atoms with van der Waals surface area (Å²) in [5.41, 5.74) is 0. The monoisotopic (exact) mass is 255 g/mol. The van der Waals surface area contributed by atoms with E-state index in [-0.39, 0.29) is 0 Å². The minimum Gasteiger partial charge on any atom is -0.315 e. The summed E-state index contributed by atoms with van der Waals surface area (Å²) in [5, 5.41) is 3.48. The molecule has 18 heavy (non-hydrogen) atoms. The van der Waals surface area contributed by atoms with Crippen molar-refractivity contribution in [3.05, 3.63) is 0 Å². The normalized spacial score (nSPS) is 19.0. The van der Waals surface area contributed by atoms with Crippen molar-refractivity contribution in [3.63, 3.8) is 0 Å². The molecule has 1 rings (SSSR count). The minimum absolute atomic E-state index is 0.633. The molecule has 0 bridgehead atoms. The molecule has 0 spiro atoms. The topological polar surface area (TPSA) is 18.5 Å². The summed E-state index contributed by atoms with van der Waals surface area (Å²) in [7, 11) is 0. The van der Waals surface area contributed by atoms with Crippen LogP contribution in [0.15, 0.2) is 0 Å². The Hall–Kier alpha value is -0.120. The van der Waals surface area contributed by atoms with Gasteiger partial charge in [-0.25, -0.2) is 0 Å². The lowest BCUT2D eigenvalue weighted by Gasteiger charge is -2.36. The van der Waals surface area contributed by atoms with Gasteiger partial charge in [-0.3, -0.25) is 4.90 Å². The molecule has 0 aromatic heterocycles. The largest absolute Gasteiger partial charge is 0.315 e. The lowest BCUT2D eigenvalue weighted by atomic mass is 10.2. The first-order valence-electron chi connectivity index (χ1n) is 7.79. The fourth-order valence-corrected chi connectivity index (χ4v) is 2.53. The van der Waals surface area contributed by atoms with E-state index in [0.29, 0.717) is 12.1 Å². The summed E-state index contributed by atoms with van der Waals surface area (Å²) >= 11 is 0. The van der Waals surface area contributed by atoms with Crippen LogP contribution in [0.25, 0.3) is 0 Å². The molecule has 0 atom stereocenters. The number of hydrogen-bond donors (Lipinski definition) is 1. The van der Waals surface area contributed by atoms with E-state index in [9.17, 15) is 0 Å². The molecule has 1 heterocycles. The van der Waals surface area contributed by atoms with Gasteiger partial charge in [-0.05, 0) is 39.8 Å². The molecule has 0 radical (unpaired) electrons. The predicted molar refractivity (Wildman–Crippen MR) is 80.1 cm³/mol. The number of hydrogen-bond acceptors (Lipinski definition) is 3. The van der Waals surface area contributed by atoms with E-state index >= 15 is 0 Å². The van der Waals surface area contributed by atoms with Gasteiger partial charge in [0.1, 0.15) is 0 Å². The lowest BCUT2D eigenvalue weighted by molar-refractivity contribution is 0.107. The van der Waals surface area contributed by atoms with Gasteiger partial charge in [0.05, 0.1) is 0 Å². The molecule has 0 aromatic carbocycles. The van der Waals surface area contributed by atoms with E-state index in [1.165, 1.54) is 58.5 Å². The molecule has 3 nitrogen and oxygen atoms in total. The predicted octanol–water partition coefficient (Wildman–Crippen LogP) is 2.18. The van der Waals surface area contributed by atoms with Crippen LogP contribution >= 0.6 is 0 Å². The molecule has 1 aliphatic heterocycles. The van der Waals surface area contributed by atoms with Crippen molar-refractivity contribution in [1.29, 1.82) is 0 Å². The molecule has 1 N–H and O–H groups in total. The maximum absolute atomic E-state index is 3.48. The Bertz CT molecular complexity index is 196. The number of rotatable bonds is 8. The Morgan fingerprint density at radius 2 is 1.56 bits per heavy atom. The Labute approximate surface area is 114 Å². The zero-order chi connectivity index (χ0) is 13.4. The van der Waals surface area contributed by atoms with Crippen molar-refractivity contribution >= 4 is 0 Å². The molecule has 0 unspecified atom stereocenters. The van der Waals surface area contributed by atoms with E-state index < -0.39 is 0 Å². The van der Waals surface area contributed by atoms with E-state index in [1.807, 2.05) is 0 Å². The third-order valence-corrected chi connectivity index (χ3v) is 3.84. The lowest BCUT2D eigenvalue weighted by Crippen LogP contribution is -2.48. The Kier molecular flexibility index (Phi) is 7.87. The third-order valence-electron chi connectivity index (χ3n) is 3.84. The molecular weight excluding hydrogens is 222 g/mol. The van der Waals surface area contributed by atoms with Crippen molar-refractivity contribution in [2.75, 3.05) is 39.3 Å². The molecular formula is C15H33N3. The molecule has 108 valence electrons. The van der Waals surface area contributed by atoms with Gasteiger partial charge in [-0.1, -0.05) is 20.3 Å². The van der Waals surface area contributed by atoms with Crippen LogP contribution in [0.2, 0.25) is 0 Å². The molecule has 1 aliphatic rings. The highest BCUT2D eigenvalue weighted by molar-refractivity contribution is 4.74. The summed E-state index contributed by atoms with van der Waals surface area (Å²) in [6.07, 6.45) is 4.05. The second kappa shape index (κ2) is 8.89. The van der Waals surface area contributed by atoms with Crippen LogP contribution in [0.5, 0.6) is 0 Å². The van der Waals surface area contributed by atoms with Gasteiger partial charge >= 0.3 is 0 Å². The molecule has 0 saturated carbocycles. The van der Waals surface area contributed by atoms with Crippen LogP contribution in [-0.4, -0.2) is 61.2 Å². The second-order valence-electron chi connectivity index (χ2n) is 6.14. The van der Waals surface area contributed by atoms with Gasteiger partial charge in [0, 0.05) is 38.3 Å². The molecule has 1 fully saturated rings. The zero-order valence-electron chi connectivity index (χ0n) is 12.9. The maximum Gasteiger partial charge on any atom is 0.0113 e. The second-order valence-corrected chi connectivity index (χ2v) is 6.14. The molecule has 1 saturated heterocycles. The summed E-state index contributed by atoms with van der Waals surface area (Å²) in [6.45, 7) is 16.6. The van der Waals surface area contributed by atoms with Crippen molar-refractivity contribution in [1.82, 2.24) is 15.1 Å². The Morgan fingerprint density at radius 1 is 0.889 bits per heavy atom. The average molecular weight is 255 g/mol. The molecule has 0 amide bonds. The van der Waals surface area contributed by atoms with Crippen molar-refractivity contribution in [3.8, 4) is 0 Å². The van der Waals surface area contributed by atoms with Crippen LogP contribution in [0.3, 0.4) is 0 Å². The van der Waals surface area contributed by atoms with Gasteiger partial charge in [0.25, 0.3) is 0 Å². The van der Waals surface area contributed by atoms with Gasteiger partial charge in [0.2, 0.25) is 0 Å². The highest BCUT2D eigenvalue weighted by Gasteiger charge is 2.17. The van der Waals surface area contributed by atoms with E-state index in [0.717, 1.165) is 0 Å². The number of nitrogens with one attached hydrogen (secondary N) is 1. The van der Waals surface area contributed by atoms with Gasteiger partial charge in [-0.15, -0.1) is 0 Å². The highest BCUT2D eigenvalue weighted by atomic mass is 15.3. The highest BCUT2D eigenvalue weighted by Crippen LogP contribution is 2.07. The van der Waals surface area contributed by atoms with Crippen molar-refractivity contribution < 1.29 is 0 Å². The smallest absolute Gasteiger partial charge is 0.0113 e. The number of piperazine rings is 1. The zero-order valence-corrected chi connectivity index (χ0v) is 12.9. The van der Waals surface area contributed by atoms with Gasteiger partial charge in [0.15, 0.2) is 0 Å². The summed E-state index contributed by atoms with van der Waals surface area (Å²) < 4.78 is 0. The fourth-order valence-electron chi connectivity index (χ4n) is 2.53. The van der Waals surface area contributed by atoms with Crippen LogP contribution in [0, 0.1) is 0 Å². The van der Waals surface area contributed by atoms with E-state index in [4.69, 9.17) is 0 Å². The maximum atomic E-state index is 3.48. The van der Waals surface area contributed by atoms with Crippen molar-refractivity contribution in [2.24, 2.45) is 0 Å². The van der Waals surface area contributed by atoms with Crippen LogP contribution in [-0.2, 0) is 0 Å². The summed E-state index contributed by atoms with van der Waals surface area (Å²) in [6, 6.07) is 1.35. The number of nitrogens with zero attached hydrogens (tertiary/aromatic N) is 2. The Balaban J connectivity index is 1.95. The van der Waals surface area contributed by atoms with E-state index in [1.54, 1.807) is 0 Å². The number of unbranched alkanes of at least 4 members (excludes halogenated alkanes) is 2. The van der Waals surface area contributed by atoms with Gasteiger partial charge in [-0.2, -0.15) is 0 Å². The van der Waals surface area contributed by atoms with Crippen LogP contribution < -0.4 is 5.32 Å². The first kappa shape index (κ1) is 15.9. The summed E-state index contributed by atoms with van der Waals surface area (Å²) in [4.78, 5) is 5.22. The van der Waals surface area contributed by atoms with Crippen LogP contribution in [0.1, 0.15) is 47.0 Å². The quantitative estimate of drug-likeness (QED) is 0.671. The minimum atomic E-state index is 0.633. The SMILES string of the molecule is CC(C)NCCCCCN1CCN(C(C)C)CC1. The first-order valence-corrected chi connectivity index (χ1v) is 7.79. The fraction of sp³-hybridized carbons (Fsp3) is 1.00. The third kappa shape index (κ3) is 6.72. The van der Waals surface area contributed by atoms with Gasteiger partial charge < -0.3 is 10.2 Å². The van der Waals surface area contributed by atoms with E-state index in [2.05, 4.69) is 42.8 Å². The molecule has 0 aliphatic carbocycles. The molecule has 3 heteroatoms. The van der Waals surface area contributed by atoms with Crippen LogP contribution in [0.4, 0.5) is 0 Å². The first-order chi connectivity index (χ1) is 8.59. The van der Waals surface area contributed by atoms with Crippen molar-refractivity contribution in [2.45, 2.75) is 59.0 Å². The average Bonchev–Trinajstić information content (AvgIpc) is 2.34. The molecule has 0 aromatic rings. The summed E-state index contributed by atoms with van der Waals surface area (Å²) in [5.74, 6) is 0.